The molecule has 0 aromatic rings. The summed E-state index contributed by atoms with van der Waals surface area (Å²) in [5.41, 5.74) is -2.10. The van der Waals surface area contributed by atoms with Crippen molar-refractivity contribution in [3.8, 4) is 0 Å². The van der Waals surface area contributed by atoms with Crippen LogP contribution in [0.15, 0.2) is 0 Å². The number of hydrogen-bond acceptors (Lipinski definition) is 5. The molecule has 9 nitrogen and oxygen atoms in total. The second-order valence-corrected chi connectivity index (χ2v) is 4.79. The Labute approximate surface area is 114 Å². The van der Waals surface area contributed by atoms with E-state index in [0.717, 1.165) is 11.8 Å². The molecule has 4 N–H and O–H groups in total. The fourth-order valence-electron chi connectivity index (χ4n) is 1.59. The first-order valence-corrected chi connectivity index (χ1v) is 5.95. The number of aliphatic hydroxyl groups is 1. The Kier molecular flexibility index (Phi) is 4.66. The Morgan fingerprint density at radius 1 is 1.45 bits per heavy atom. The third-order valence-electron chi connectivity index (χ3n) is 3.01. The lowest BCUT2D eigenvalue weighted by molar-refractivity contribution is -0.156. The van der Waals surface area contributed by atoms with Gasteiger partial charge >= 0.3 is 12.0 Å². The highest BCUT2D eigenvalue weighted by Gasteiger charge is 2.34. The SMILES string of the molecule is CN1C(=O)CCC(NC(=O)NCC(C)(O)C(=O)O)C1=O. The summed E-state index contributed by atoms with van der Waals surface area (Å²) in [7, 11) is 1.33. The number of imide groups is 1. The Hall–Kier alpha value is -2.16. The molecule has 0 spiro atoms. The van der Waals surface area contributed by atoms with Crippen molar-refractivity contribution in [3.63, 3.8) is 0 Å². The van der Waals surface area contributed by atoms with Gasteiger partial charge in [0.1, 0.15) is 6.04 Å². The van der Waals surface area contributed by atoms with Crippen LogP contribution in [0.2, 0.25) is 0 Å². The predicted octanol–water partition coefficient (Wildman–Crippen LogP) is -1.73. The first-order valence-electron chi connectivity index (χ1n) is 5.95. The maximum Gasteiger partial charge on any atom is 0.337 e. The van der Waals surface area contributed by atoms with E-state index in [9.17, 15) is 24.3 Å². The number of aliphatic carboxylic acids is 1. The Bertz CT molecular complexity index is 447. The van der Waals surface area contributed by atoms with Crippen LogP contribution in [0.5, 0.6) is 0 Å². The monoisotopic (exact) mass is 287 g/mol. The Morgan fingerprint density at radius 3 is 2.60 bits per heavy atom. The molecule has 0 aromatic carbocycles. The number of rotatable bonds is 4. The van der Waals surface area contributed by atoms with E-state index >= 15 is 0 Å². The van der Waals surface area contributed by atoms with Crippen molar-refractivity contribution < 1.29 is 29.4 Å². The van der Waals surface area contributed by atoms with Crippen LogP contribution in [-0.2, 0) is 14.4 Å². The molecule has 1 aliphatic rings. The van der Waals surface area contributed by atoms with Crippen molar-refractivity contribution in [2.24, 2.45) is 0 Å². The summed E-state index contributed by atoms with van der Waals surface area (Å²) < 4.78 is 0. The van der Waals surface area contributed by atoms with E-state index in [1.807, 2.05) is 0 Å². The zero-order valence-electron chi connectivity index (χ0n) is 11.2. The van der Waals surface area contributed by atoms with Crippen molar-refractivity contribution in [3.05, 3.63) is 0 Å². The number of nitrogens with one attached hydrogen (secondary N) is 2. The Morgan fingerprint density at radius 2 is 2.05 bits per heavy atom. The third-order valence-corrected chi connectivity index (χ3v) is 3.01. The lowest BCUT2D eigenvalue weighted by atomic mass is 10.0. The number of carbonyl (C=O) groups is 4. The van der Waals surface area contributed by atoms with Crippen LogP contribution in [-0.4, -0.2) is 64.2 Å². The fourth-order valence-corrected chi connectivity index (χ4v) is 1.59. The quantitative estimate of drug-likeness (QED) is 0.453. The van der Waals surface area contributed by atoms with E-state index in [2.05, 4.69) is 10.6 Å². The number of urea groups is 1. The van der Waals surface area contributed by atoms with Gasteiger partial charge in [0.15, 0.2) is 5.60 Å². The molecule has 1 fully saturated rings. The molecule has 20 heavy (non-hydrogen) atoms. The van der Waals surface area contributed by atoms with Gasteiger partial charge in [0.05, 0.1) is 6.54 Å². The van der Waals surface area contributed by atoms with E-state index in [1.54, 1.807) is 0 Å². The summed E-state index contributed by atoms with van der Waals surface area (Å²) >= 11 is 0. The van der Waals surface area contributed by atoms with Gasteiger partial charge in [-0.1, -0.05) is 0 Å². The minimum Gasteiger partial charge on any atom is -0.479 e. The lowest BCUT2D eigenvalue weighted by Crippen LogP contribution is -2.56. The number of amides is 4. The largest absolute Gasteiger partial charge is 0.479 e. The Balaban J connectivity index is 2.49. The molecule has 4 amide bonds. The highest BCUT2D eigenvalue weighted by molar-refractivity contribution is 6.01. The summed E-state index contributed by atoms with van der Waals surface area (Å²) in [4.78, 5) is 46.0. The first-order chi connectivity index (χ1) is 9.15. The molecular weight excluding hydrogens is 270 g/mol. The summed E-state index contributed by atoms with van der Waals surface area (Å²) in [6.45, 7) is 0.525. The molecule has 2 atom stereocenters. The van der Waals surface area contributed by atoms with E-state index < -0.39 is 36.1 Å². The normalized spacial score (nSPS) is 22.1. The van der Waals surface area contributed by atoms with Gasteiger partial charge in [0.25, 0.3) is 5.91 Å². The molecule has 1 heterocycles. The smallest absolute Gasteiger partial charge is 0.337 e. The van der Waals surface area contributed by atoms with Gasteiger partial charge in [-0.05, 0) is 13.3 Å². The second-order valence-electron chi connectivity index (χ2n) is 4.79. The molecule has 9 heteroatoms. The molecule has 0 aromatic heterocycles. The molecule has 1 aliphatic heterocycles. The van der Waals surface area contributed by atoms with Crippen molar-refractivity contribution in [1.29, 1.82) is 0 Å². The van der Waals surface area contributed by atoms with Crippen LogP contribution >= 0.6 is 0 Å². The van der Waals surface area contributed by atoms with Crippen LogP contribution in [0.4, 0.5) is 4.79 Å². The summed E-state index contributed by atoms with van der Waals surface area (Å²) in [5, 5.41) is 22.6. The van der Waals surface area contributed by atoms with Gasteiger partial charge in [0.2, 0.25) is 5.91 Å². The molecule has 1 saturated heterocycles. The van der Waals surface area contributed by atoms with E-state index in [4.69, 9.17) is 5.11 Å². The topological polar surface area (TPSA) is 136 Å². The summed E-state index contributed by atoms with van der Waals surface area (Å²) in [6.07, 6.45) is 0.324. The number of likely N-dealkylation sites (tertiary alicyclic amines) is 1. The minimum atomic E-state index is -2.10. The molecule has 0 radical (unpaired) electrons. The van der Waals surface area contributed by atoms with Crippen molar-refractivity contribution in [1.82, 2.24) is 15.5 Å². The fraction of sp³-hybridized carbons (Fsp3) is 0.636. The molecule has 0 aliphatic carbocycles. The van der Waals surface area contributed by atoms with Gasteiger partial charge < -0.3 is 20.8 Å². The molecular formula is C11H17N3O6. The number of carboxylic acid groups (broad SMARTS) is 1. The van der Waals surface area contributed by atoms with E-state index in [1.165, 1.54) is 7.05 Å². The van der Waals surface area contributed by atoms with Gasteiger partial charge in [0, 0.05) is 13.5 Å². The van der Waals surface area contributed by atoms with Gasteiger partial charge in [-0.2, -0.15) is 0 Å². The van der Waals surface area contributed by atoms with Crippen molar-refractivity contribution >= 4 is 23.8 Å². The number of likely N-dealkylation sites (N-methyl/N-ethyl adjacent to an activating group) is 1. The van der Waals surface area contributed by atoms with Crippen LogP contribution in [0.3, 0.4) is 0 Å². The molecule has 2 unspecified atom stereocenters. The standard InChI is InChI=1S/C11H17N3O6/c1-11(20,9(17)18)5-12-10(19)13-6-3-4-7(15)14(2)8(6)16/h6,20H,3-5H2,1-2H3,(H,17,18)(H2,12,13,19). The van der Waals surface area contributed by atoms with Crippen LogP contribution < -0.4 is 10.6 Å². The first kappa shape index (κ1) is 15.9. The van der Waals surface area contributed by atoms with Crippen LogP contribution in [0.25, 0.3) is 0 Å². The number of hydrogen-bond donors (Lipinski definition) is 4. The third kappa shape index (κ3) is 3.67. The van der Waals surface area contributed by atoms with Crippen molar-refractivity contribution in [2.75, 3.05) is 13.6 Å². The summed E-state index contributed by atoms with van der Waals surface area (Å²) in [5.74, 6) is -2.32. The number of piperidine rings is 1. The minimum absolute atomic E-state index is 0.139. The average molecular weight is 287 g/mol. The van der Waals surface area contributed by atoms with E-state index in [0.29, 0.717) is 0 Å². The predicted molar refractivity (Wildman–Crippen MR) is 65.6 cm³/mol. The van der Waals surface area contributed by atoms with Gasteiger partial charge in [-0.3, -0.25) is 14.5 Å². The molecule has 1 rings (SSSR count). The zero-order chi connectivity index (χ0) is 15.5. The maximum atomic E-state index is 11.7. The lowest BCUT2D eigenvalue weighted by Gasteiger charge is -2.28. The number of nitrogens with zero attached hydrogens (tertiary/aromatic N) is 1. The van der Waals surface area contributed by atoms with E-state index in [-0.39, 0.29) is 18.7 Å². The average Bonchev–Trinajstić information content (AvgIpc) is 2.37. The maximum absolute atomic E-state index is 11.7. The van der Waals surface area contributed by atoms with Crippen LogP contribution in [0, 0.1) is 0 Å². The number of carbonyl (C=O) groups excluding carboxylic acids is 3. The highest BCUT2D eigenvalue weighted by atomic mass is 16.4. The van der Waals surface area contributed by atoms with Gasteiger partial charge in [-0.25, -0.2) is 9.59 Å². The second kappa shape index (κ2) is 5.87. The molecule has 0 saturated carbocycles. The van der Waals surface area contributed by atoms with Crippen molar-refractivity contribution in [2.45, 2.75) is 31.4 Å². The highest BCUT2D eigenvalue weighted by Crippen LogP contribution is 2.11. The molecule has 0 bridgehead atoms. The zero-order valence-corrected chi connectivity index (χ0v) is 11.2. The van der Waals surface area contributed by atoms with Crippen LogP contribution in [0.1, 0.15) is 19.8 Å². The molecule has 112 valence electrons. The summed E-state index contributed by atoms with van der Waals surface area (Å²) in [6, 6.07) is -1.62. The number of carboxylic acids is 1. The van der Waals surface area contributed by atoms with Gasteiger partial charge in [-0.15, -0.1) is 0 Å².